The van der Waals surface area contributed by atoms with Crippen molar-refractivity contribution in [3.63, 3.8) is 0 Å². The van der Waals surface area contributed by atoms with Gasteiger partial charge in [-0.15, -0.1) is 11.3 Å². The first-order valence-corrected chi connectivity index (χ1v) is 9.08. The molecular formula is C17H17FN4OS2. The molecule has 0 fully saturated rings. The molecule has 0 aliphatic rings. The summed E-state index contributed by atoms with van der Waals surface area (Å²) in [5.41, 5.74) is 0.578. The molecule has 0 aliphatic heterocycles. The predicted octanol–water partition coefficient (Wildman–Crippen LogP) is 3.73. The van der Waals surface area contributed by atoms with Gasteiger partial charge in [0.15, 0.2) is 10.6 Å². The number of thiophene rings is 1. The van der Waals surface area contributed by atoms with Crippen molar-refractivity contribution in [2.24, 2.45) is 0 Å². The Hall–Kier alpha value is -2.32. The normalized spacial score (nSPS) is 12.1. The molecule has 2 aromatic heterocycles. The van der Waals surface area contributed by atoms with E-state index in [2.05, 4.69) is 15.5 Å². The highest BCUT2D eigenvalue weighted by atomic mass is 32.1. The molecule has 0 saturated carbocycles. The lowest BCUT2D eigenvalue weighted by molar-refractivity contribution is -0.123. The fourth-order valence-corrected chi connectivity index (χ4v) is 3.53. The molecule has 0 saturated heterocycles. The molecule has 3 rings (SSSR count). The smallest absolute Gasteiger partial charge is 0.242 e. The topological polar surface area (TPSA) is 62.7 Å². The maximum atomic E-state index is 13.6. The third-order valence-electron chi connectivity index (χ3n) is 3.86. The molecule has 5 nitrogen and oxygen atoms in total. The molecule has 130 valence electrons. The van der Waals surface area contributed by atoms with Crippen molar-refractivity contribution in [2.45, 2.75) is 19.4 Å². The quantitative estimate of drug-likeness (QED) is 0.645. The van der Waals surface area contributed by atoms with Gasteiger partial charge < -0.3 is 5.32 Å². The Bertz CT molecular complexity index is 917. The molecule has 8 heteroatoms. The van der Waals surface area contributed by atoms with Crippen LogP contribution in [0.3, 0.4) is 0 Å². The Morgan fingerprint density at radius 1 is 1.40 bits per heavy atom. The highest BCUT2D eigenvalue weighted by molar-refractivity contribution is 7.71. The van der Waals surface area contributed by atoms with Crippen molar-refractivity contribution >= 4 is 29.5 Å². The summed E-state index contributed by atoms with van der Waals surface area (Å²) in [4.78, 5) is 13.4. The van der Waals surface area contributed by atoms with E-state index in [1.165, 1.54) is 17.4 Å². The maximum absolute atomic E-state index is 13.6. The van der Waals surface area contributed by atoms with Gasteiger partial charge >= 0.3 is 0 Å². The van der Waals surface area contributed by atoms with Crippen LogP contribution >= 0.6 is 23.6 Å². The minimum absolute atomic E-state index is 0.188. The summed E-state index contributed by atoms with van der Waals surface area (Å²) in [6, 6.07) is 9.87. The molecule has 0 radical (unpaired) electrons. The van der Waals surface area contributed by atoms with E-state index in [4.69, 9.17) is 12.2 Å². The zero-order valence-corrected chi connectivity index (χ0v) is 15.2. The van der Waals surface area contributed by atoms with E-state index in [1.54, 1.807) is 29.7 Å². The lowest BCUT2D eigenvalue weighted by Crippen LogP contribution is -2.33. The van der Waals surface area contributed by atoms with Crippen LogP contribution in [0.5, 0.6) is 0 Å². The summed E-state index contributed by atoms with van der Waals surface area (Å²) in [6.07, 6.45) is 0.430. The highest BCUT2D eigenvalue weighted by Crippen LogP contribution is 2.25. The fourth-order valence-electron chi connectivity index (χ4n) is 2.53. The minimum Gasteiger partial charge on any atom is -0.354 e. The monoisotopic (exact) mass is 376 g/mol. The summed E-state index contributed by atoms with van der Waals surface area (Å²) in [7, 11) is 0. The van der Waals surface area contributed by atoms with Crippen molar-refractivity contribution < 1.29 is 9.18 Å². The Morgan fingerprint density at radius 2 is 2.20 bits per heavy atom. The molecule has 0 bridgehead atoms. The molecule has 2 N–H and O–H groups in total. The second kappa shape index (κ2) is 7.71. The van der Waals surface area contributed by atoms with Gasteiger partial charge in [-0.1, -0.05) is 24.3 Å². The number of nitrogens with zero attached hydrogens (tertiary/aromatic N) is 2. The van der Waals surface area contributed by atoms with E-state index in [0.29, 0.717) is 29.1 Å². The molecule has 3 aromatic rings. The summed E-state index contributed by atoms with van der Waals surface area (Å²) >= 11 is 6.79. The molecule has 1 amide bonds. The summed E-state index contributed by atoms with van der Waals surface area (Å²) in [5, 5.41) is 11.7. The number of aromatic amines is 1. The van der Waals surface area contributed by atoms with Crippen molar-refractivity contribution in [2.75, 3.05) is 6.54 Å². The first kappa shape index (κ1) is 17.5. The van der Waals surface area contributed by atoms with Crippen LogP contribution < -0.4 is 5.32 Å². The maximum Gasteiger partial charge on any atom is 0.242 e. The molecular weight excluding hydrogens is 359 g/mol. The predicted molar refractivity (Wildman–Crippen MR) is 98.5 cm³/mol. The number of hydrogen-bond acceptors (Lipinski definition) is 4. The van der Waals surface area contributed by atoms with Crippen molar-refractivity contribution in [3.8, 4) is 10.7 Å². The van der Waals surface area contributed by atoms with Gasteiger partial charge in [0, 0.05) is 6.54 Å². The van der Waals surface area contributed by atoms with E-state index in [-0.39, 0.29) is 11.7 Å². The number of amides is 1. The van der Waals surface area contributed by atoms with Crippen LogP contribution in [-0.2, 0) is 11.2 Å². The average Bonchev–Trinajstić information content (AvgIpc) is 3.25. The first-order chi connectivity index (χ1) is 12.1. The zero-order valence-electron chi connectivity index (χ0n) is 13.5. The SMILES string of the molecule is C[C@H](C(=O)NCCc1ccccc1F)n1c(-c2cccs2)n[nH]c1=S. The number of halogens is 1. The highest BCUT2D eigenvalue weighted by Gasteiger charge is 2.21. The van der Waals surface area contributed by atoms with E-state index in [0.717, 1.165) is 4.88 Å². The molecule has 0 unspecified atom stereocenters. The first-order valence-electron chi connectivity index (χ1n) is 7.80. The zero-order chi connectivity index (χ0) is 17.8. The summed E-state index contributed by atoms with van der Waals surface area (Å²) < 4.78 is 15.7. The van der Waals surface area contributed by atoms with E-state index in [1.807, 2.05) is 17.5 Å². The number of aromatic nitrogens is 3. The molecule has 0 aliphatic carbocycles. The second-order valence-electron chi connectivity index (χ2n) is 5.51. The Morgan fingerprint density at radius 3 is 2.92 bits per heavy atom. The average molecular weight is 376 g/mol. The molecule has 1 aromatic carbocycles. The van der Waals surface area contributed by atoms with Crippen molar-refractivity contribution in [1.29, 1.82) is 0 Å². The van der Waals surface area contributed by atoms with Crippen LogP contribution in [0.2, 0.25) is 0 Å². The lowest BCUT2D eigenvalue weighted by atomic mass is 10.1. The van der Waals surface area contributed by atoms with Gasteiger partial charge in [0.05, 0.1) is 4.88 Å². The molecule has 1 atom stereocenters. The van der Waals surface area contributed by atoms with Crippen LogP contribution in [0.15, 0.2) is 41.8 Å². The third kappa shape index (κ3) is 3.85. The minimum atomic E-state index is -0.524. The van der Waals surface area contributed by atoms with Gasteiger partial charge in [-0.05, 0) is 48.6 Å². The summed E-state index contributed by atoms with van der Waals surface area (Å²) in [5.74, 6) is 0.185. The van der Waals surface area contributed by atoms with Crippen LogP contribution in [-0.4, -0.2) is 27.2 Å². The lowest BCUT2D eigenvalue weighted by Gasteiger charge is -2.15. The largest absolute Gasteiger partial charge is 0.354 e. The van der Waals surface area contributed by atoms with Gasteiger partial charge in [0.25, 0.3) is 0 Å². The van der Waals surface area contributed by atoms with E-state index < -0.39 is 6.04 Å². The number of carbonyl (C=O) groups is 1. The molecule has 25 heavy (non-hydrogen) atoms. The number of hydrogen-bond donors (Lipinski definition) is 2. The van der Waals surface area contributed by atoms with Crippen LogP contribution in [0.1, 0.15) is 18.5 Å². The Labute approximate surface area is 153 Å². The van der Waals surface area contributed by atoms with Gasteiger partial charge in [-0.3, -0.25) is 14.5 Å². The molecule has 2 heterocycles. The standard InChI is InChI=1S/C17H17FN4OS2/c1-11(16(23)19-9-8-12-5-2-3-6-13(12)18)22-15(20-21-17(22)24)14-7-4-10-25-14/h2-7,10-11H,8-9H2,1H3,(H,19,23)(H,21,24)/t11-/m1/s1. The number of H-pyrrole nitrogens is 1. The second-order valence-corrected chi connectivity index (χ2v) is 6.84. The van der Waals surface area contributed by atoms with Crippen LogP contribution in [0.25, 0.3) is 10.7 Å². The Kier molecular flexibility index (Phi) is 5.40. The van der Waals surface area contributed by atoms with E-state index in [9.17, 15) is 9.18 Å². The number of benzene rings is 1. The third-order valence-corrected chi connectivity index (χ3v) is 5.02. The number of nitrogens with one attached hydrogen (secondary N) is 2. The van der Waals surface area contributed by atoms with Crippen molar-refractivity contribution in [1.82, 2.24) is 20.1 Å². The Balaban J connectivity index is 1.68. The van der Waals surface area contributed by atoms with Gasteiger partial charge in [-0.25, -0.2) is 4.39 Å². The van der Waals surface area contributed by atoms with Gasteiger partial charge in [0.2, 0.25) is 5.91 Å². The van der Waals surface area contributed by atoms with Crippen molar-refractivity contribution in [3.05, 3.63) is 57.9 Å². The van der Waals surface area contributed by atoms with E-state index >= 15 is 0 Å². The van der Waals surface area contributed by atoms with Gasteiger partial charge in [0.1, 0.15) is 11.9 Å². The van der Waals surface area contributed by atoms with Crippen LogP contribution in [0.4, 0.5) is 4.39 Å². The van der Waals surface area contributed by atoms with Gasteiger partial charge in [-0.2, -0.15) is 5.10 Å². The molecule has 0 spiro atoms. The fraction of sp³-hybridized carbons (Fsp3) is 0.235. The number of carbonyl (C=O) groups excluding carboxylic acids is 1. The summed E-state index contributed by atoms with van der Waals surface area (Å²) in [6.45, 7) is 2.12. The van der Waals surface area contributed by atoms with Crippen LogP contribution in [0, 0.1) is 10.6 Å². The number of rotatable bonds is 6.